The van der Waals surface area contributed by atoms with Gasteiger partial charge in [-0.15, -0.1) is 0 Å². The van der Waals surface area contributed by atoms with Gasteiger partial charge in [-0.1, -0.05) is 60.7 Å². The Morgan fingerprint density at radius 1 is 1.08 bits per heavy atom. The van der Waals surface area contributed by atoms with Crippen LogP contribution in [0.2, 0.25) is 0 Å². The average molecular weight is 538 g/mol. The molecule has 1 amide bonds. The monoisotopic (exact) mass is 537 g/mol. The van der Waals surface area contributed by atoms with E-state index in [0.717, 1.165) is 16.3 Å². The summed E-state index contributed by atoms with van der Waals surface area (Å²) in [5.41, 5.74) is 7.39. The maximum atomic E-state index is 13.6. The summed E-state index contributed by atoms with van der Waals surface area (Å²) in [7, 11) is -4.18. The minimum Gasteiger partial charge on any atom is -0.480 e. The summed E-state index contributed by atoms with van der Waals surface area (Å²) in [4.78, 5) is 26.7. The Labute approximate surface area is 221 Å². The molecule has 0 aromatic heterocycles. The maximum Gasteiger partial charge on any atom is 0.326 e. The van der Waals surface area contributed by atoms with Crippen LogP contribution in [0.3, 0.4) is 0 Å². The highest BCUT2D eigenvalue weighted by molar-refractivity contribution is 7.87. The van der Waals surface area contributed by atoms with E-state index in [2.05, 4.69) is 9.44 Å². The van der Waals surface area contributed by atoms with E-state index in [1.165, 1.54) is 4.90 Å². The van der Waals surface area contributed by atoms with Gasteiger partial charge in [-0.2, -0.15) is 17.9 Å². The van der Waals surface area contributed by atoms with E-state index >= 15 is 0 Å². The predicted octanol–water partition coefficient (Wildman–Crippen LogP) is 2.12. The largest absolute Gasteiger partial charge is 0.480 e. The minimum atomic E-state index is -4.18. The van der Waals surface area contributed by atoms with Crippen molar-refractivity contribution in [2.24, 2.45) is 5.73 Å². The van der Waals surface area contributed by atoms with Crippen LogP contribution in [0.5, 0.6) is 0 Å². The van der Waals surface area contributed by atoms with Crippen LogP contribution >= 0.6 is 0 Å². The molecule has 6 N–H and O–H groups in total. The average Bonchev–Trinajstić information content (AvgIpc) is 2.91. The Morgan fingerprint density at radius 3 is 2.58 bits per heavy atom. The lowest BCUT2D eigenvalue weighted by molar-refractivity contribution is -0.152. The van der Waals surface area contributed by atoms with E-state index in [1.807, 2.05) is 42.5 Å². The van der Waals surface area contributed by atoms with E-state index in [9.17, 15) is 23.1 Å². The molecule has 3 aromatic rings. The molecule has 11 heteroatoms. The third-order valence-electron chi connectivity index (χ3n) is 6.68. The molecular formula is C27H31N5O5S. The summed E-state index contributed by atoms with van der Waals surface area (Å²) >= 11 is 0. The third kappa shape index (κ3) is 6.55. The smallest absolute Gasteiger partial charge is 0.326 e. The highest BCUT2D eigenvalue weighted by Crippen LogP contribution is 2.21. The first-order valence-corrected chi connectivity index (χ1v) is 13.8. The SMILES string of the molecule is N=C(N)c1cccc(CC(NS(=O)(=O)NCc2cccc3ccccc23)C(=O)N2CCCCC2C(=O)O)c1. The number of likely N-dealkylation sites (tertiary alicyclic amines) is 1. The van der Waals surface area contributed by atoms with Crippen molar-refractivity contribution in [2.45, 2.75) is 44.3 Å². The van der Waals surface area contributed by atoms with Crippen LogP contribution in [-0.2, 0) is 32.8 Å². The van der Waals surface area contributed by atoms with Crippen molar-refractivity contribution in [1.29, 1.82) is 5.41 Å². The number of carboxylic acids is 1. The Balaban J connectivity index is 1.58. The van der Waals surface area contributed by atoms with E-state index in [-0.39, 0.29) is 25.3 Å². The minimum absolute atomic E-state index is 0.00111. The molecule has 0 spiro atoms. The number of nitrogens with two attached hydrogens (primary N) is 1. The predicted molar refractivity (Wildman–Crippen MR) is 145 cm³/mol. The molecule has 0 aliphatic carbocycles. The molecule has 2 atom stereocenters. The number of amides is 1. The molecule has 38 heavy (non-hydrogen) atoms. The van der Waals surface area contributed by atoms with Crippen LogP contribution in [-0.4, -0.2) is 54.8 Å². The lowest BCUT2D eigenvalue weighted by atomic mass is 9.98. The summed E-state index contributed by atoms with van der Waals surface area (Å²) in [6.07, 6.45) is 1.57. The molecule has 10 nitrogen and oxygen atoms in total. The van der Waals surface area contributed by atoms with Gasteiger partial charge in [-0.05, 0) is 53.6 Å². The third-order valence-corrected chi connectivity index (χ3v) is 7.80. The zero-order valence-electron chi connectivity index (χ0n) is 20.8. The number of nitrogens with zero attached hydrogens (tertiary/aromatic N) is 1. The molecule has 0 bridgehead atoms. The van der Waals surface area contributed by atoms with Crippen LogP contribution in [0.1, 0.15) is 36.0 Å². The number of fused-ring (bicyclic) bond motifs is 1. The number of rotatable bonds is 10. The number of piperidine rings is 1. The number of carboxylic acid groups (broad SMARTS) is 1. The number of amidine groups is 1. The van der Waals surface area contributed by atoms with Crippen molar-refractivity contribution in [1.82, 2.24) is 14.3 Å². The first kappa shape index (κ1) is 27.2. The molecule has 200 valence electrons. The van der Waals surface area contributed by atoms with E-state index in [4.69, 9.17) is 11.1 Å². The van der Waals surface area contributed by atoms with Gasteiger partial charge < -0.3 is 15.7 Å². The van der Waals surface area contributed by atoms with Crippen molar-refractivity contribution in [3.63, 3.8) is 0 Å². The molecule has 4 rings (SSSR count). The van der Waals surface area contributed by atoms with Crippen molar-refractivity contribution in [2.75, 3.05) is 6.54 Å². The quantitative estimate of drug-likeness (QED) is 0.196. The zero-order chi connectivity index (χ0) is 27.3. The highest BCUT2D eigenvalue weighted by Gasteiger charge is 2.37. The summed E-state index contributed by atoms with van der Waals surface area (Å²) in [5, 5.41) is 19.2. The topological polar surface area (TPSA) is 166 Å². The van der Waals surface area contributed by atoms with Crippen molar-refractivity contribution < 1.29 is 23.1 Å². The summed E-state index contributed by atoms with van der Waals surface area (Å²) < 4.78 is 31.3. The molecule has 0 radical (unpaired) electrons. The van der Waals surface area contributed by atoms with E-state index in [0.29, 0.717) is 30.4 Å². The van der Waals surface area contributed by atoms with Gasteiger partial charge >= 0.3 is 5.97 Å². The number of hydrogen-bond donors (Lipinski definition) is 5. The van der Waals surface area contributed by atoms with E-state index in [1.54, 1.807) is 24.3 Å². The normalized spacial score (nSPS) is 16.7. The molecule has 1 saturated heterocycles. The Bertz CT molecular complexity index is 1450. The fourth-order valence-electron chi connectivity index (χ4n) is 4.78. The fourth-order valence-corrected chi connectivity index (χ4v) is 5.77. The lowest BCUT2D eigenvalue weighted by Crippen LogP contribution is -2.57. The number of hydrogen-bond acceptors (Lipinski definition) is 5. The van der Waals surface area contributed by atoms with Crippen LogP contribution in [0.4, 0.5) is 0 Å². The van der Waals surface area contributed by atoms with Crippen molar-refractivity contribution in [3.05, 3.63) is 83.4 Å². The molecule has 1 fully saturated rings. The van der Waals surface area contributed by atoms with Gasteiger partial charge in [0.05, 0.1) is 0 Å². The van der Waals surface area contributed by atoms with E-state index < -0.39 is 34.2 Å². The number of nitrogen functional groups attached to an aromatic ring is 1. The first-order valence-electron chi connectivity index (χ1n) is 12.3. The number of nitrogens with one attached hydrogen (secondary N) is 3. The number of aliphatic carboxylic acids is 1. The lowest BCUT2D eigenvalue weighted by Gasteiger charge is -2.35. The van der Waals surface area contributed by atoms with Gasteiger partial charge in [0.2, 0.25) is 5.91 Å². The number of carbonyl (C=O) groups excluding carboxylic acids is 1. The molecule has 3 aromatic carbocycles. The van der Waals surface area contributed by atoms with Crippen molar-refractivity contribution >= 4 is 38.7 Å². The maximum absolute atomic E-state index is 13.6. The molecule has 1 heterocycles. The zero-order valence-corrected chi connectivity index (χ0v) is 21.6. The Hall–Kier alpha value is -3.80. The van der Waals surface area contributed by atoms with Crippen LogP contribution in [0.25, 0.3) is 10.8 Å². The Morgan fingerprint density at radius 2 is 1.82 bits per heavy atom. The summed E-state index contributed by atoms with van der Waals surface area (Å²) in [6, 6.07) is 17.6. The fraction of sp³-hybridized carbons (Fsp3) is 0.296. The molecular weight excluding hydrogens is 506 g/mol. The second kappa shape index (κ2) is 11.7. The van der Waals surface area contributed by atoms with Crippen LogP contribution in [0.15, 0.2) is 66.7 Å². The van der Waals surface area contributed by atoms with Gasteiger partial charge in [0.25, 0.3) is 10.2 Å². The summed E-state index contributed by atoms with van der Waals surface area (Å²) in [6.45, 7) is 0.226. The second-order valence-corrected chi connectivity index (χ2v) is 10.9. The molecule has 2 unspecified atom stereocenters. The van der Waals surface area contributed by atoms with Crippen LogP contribution in [0, 0.1) is 5.41 Å². The van der Waals surface area contributed by atoms with Gasteiger partial charge in [0, 0.05) is 18.7 Å². The molecule has 1 aliphatic rings. The number of benzene rings is 3. The van der Waals surface area contributed by atoms with Gasteiger partial charge in [0.15, 0.2) is 0 Å². The Kier molecular flexibility index (Phi) is 8.40. The van der Waals surface area contributed by atoms with Gasteiger partial charge in [-0.25, -0.2) is 4.79 Å². The highest BCUT2D eigenvalue weighted by atomic mass is 32.2. The first-order chi connectivity index (χ1) is 18.1. The summed E-state index contributed by atoms with van der Waals surface area (Å²) in [5.74, 6) is -1.89. The standard InChI is InChI=1S/C27H31N5O5S/c28-25(29)20-10-5-7-18(15-20)16-23(26(33)32-14-4-3-13-24(32)27(34)35)31-38(36,37)30-17-21-11-6-9-19-8-1-2-12-22(19)21/h1-2,5-12,15,23-24,30-31H,3-4,13-14,16-17H2,(H3,28,29)(H,34,35). The molecule has 1 aliphatic heterocycles. The number of carbonyl (C=O) groups is 2. The van der Waals surface area contributed by atoms with Gasteiger partial charge in [-0.3, -0.25) is 10.2 Å². The van der Waals surface area contributed by atoms with Crippen LogP contribution < -0.4 is 15.2 Å². The van der Waals surface area contributed by atoms with Crippen molar-refractivity contribution in [3.8, 4) is 0 Å². The molecule has 0 saturated carbocycles. The second-order valence-electron chi connectivity index (χ2n) is 9.33. The van der Waals surface area contributed by atoms with Gasteiger partial charge in [0.1, 0.15) is 17.9 Å².